The summed E-state index contributed by atoms with van der Waals surface area (Å²) in [5.41, 5.74) is 0.705. The molecule has 0 aromatic heterocycles. The third kappa shape index (κ3) is 4.55. The molecule has 2 aliphatic heterocycles. The topological polar surface area (TPSA) is 35.9 Å². The van der Waals surface area contributed by atoms with Crippen LogP contribution in [0, 0.1) is 5.92 Å². The molecule has 1 aromatic rings. The number of allylic oxidation sites excluding steroid dienone is 1. The van der Waals surface area contributed by atoms with E-state index in [1.807, 2.05) is 6.08 Å². The Kier molecular flexibility index (Phi) is 6.51. The summed E-state index contributed by atoms with van der Waals surface area (Å²) in [5, 5.41) is 11.3. The molecule has 0 radical (unpaired) electrons. The van der Waals surface area contributed by atoms with Crippen molar-refractivity contribution >= 4 is 0 Å². The van der Waals surface area contributed by atoms with E-state index in [2.05, 4.69) is 60.6 Å². The number of hydrogen-bond acceptors (Lipinski definition) is 4. The second kappa shape index (κ2) is 8.66. The lowest BCUT2D eigenvalue weighted by molar-refractivity contribution is -0.134. The van der Waals surface area contributed by atoms with E-state index in [0.717, 1.165) is 39.0 Å². The van der Waals surface area contributed by atoms with Gasteiger partial charge >= 0.3 is 0 Å². The van der Waals surface area contributed by atoms with Crippen molar-refractivity contribution < 1.29 is 9.84 Å². The van der Waals surface area contributed by atoms with Gasteiger partial charge in [-0.1, -0.05) is 36.4 Å². The molecule has 0 amide bonds. The van der Waals surface area contributed by atoms with Crippen molar-refractivity contribution in [2.75, 3.05) is 32.8 Å². The molecule has 4 nitrogen and oxygen atoms in total. The number of nitrogens with zero attached hydrogens (tertiary/aromatic N) is 2. The van der Waals surface area contributed by atoms with E-state index in [-0.39, 0.29) is 5.92 Å². The Morgan fingerprint density at radius 2 is 1.88 bits per heavy atom. The number of rotatable bonds is 6. The molecule has 2 unspecified atom stereocenters. The van der Waals surface area contributed by atoms with Gasteiger partial charge in [-0.15, -0.1) is 6.58 Å². The molecular weight excluding hydrogens is 324 g/mol. The second-order valence-electron chi connectivity index (χ2n) is 8.19. The van der Waals surface area contributed by atoms with Gasteiger partial charge < -0.3 is 9.84 Å². The number of benzene rings is 1. The molecule has 144 valence electrons. The van der Waals surface area contributed by atoms with Crippen LogP contribution in [-0.2, 0) is 11.3 Å². The highest BCUT2D eigenvalue weighted by molar-refractivity contribution is 5.15. The third-order valence-corrected chi connectivity index (χ3v) is 6.16. The van der Waals surface area contributed by atoms with Gasteiger partial charge in [-0.25, -0.2) is 0 Å². The van der Waals surface area contributed by atoms with Gasteiger partial charge in [0.15, 0.2) is 0 Å². The van der Waals surface area contributed by atoms with Crippen LogP contribution in [0.1, 0.15) is 32.3 Å². The van der Waals surface area contributed by atoms with Gasteiger partial charge in [0.1, 0.15) is 0 Å². The van der Waals surface area contributed by atoms with Crippen molar-refractivity contribution in [2.45, 2.75) is 50.9 Å². The van der Waals surface area contributed by atoms with Gasteiger partial charge in [-0.3, -0.25) is 9.80 Å². The quantitative estimate of drug-likeness (QED) is 0.793. The van der Waals surface area contributed by atoms with Gasteiger partial charge in [0, 0.05) is 57.2 Å². The molecule has 0 aliphatic carbocycles. The zero-order chi connectivity index (χ0) is 18.6. The first-order chi connectivity index (χ1) is 12.5. The molecular formula is C22H34N2O2. The number of piperazine rings is 1. The van der Waals surface area contributed by atoms with Crippen LogP contribution in [-0.4, -0.2) is 65.4 Å². The number of aliphatic hydroxyl groups is 1. The highest BCUT2D eigenvalue weighted by Gasteiger charge is 2.42. The van der Waals surface area contributed by atoms with Gasteiger partial charge in [0.05, 0.1) is 12.2 Å². The Bertz CT molecular complexity index is 579. The summed E-state index contributed by atoms with van der Waals surface area (Å²) in [5.74, 6) is 0.151. The predicted molar refractivity (Wildman–Crippen MR) is 106 cm³/mol. The zero-order valence-electron chi connectivity index (χ0n) is 16.3. The summed E-state index contributed by atoms with van der Waals surface area (Å²) in [4.78, 5) is 5.04. The van der Waals surface area contributed by atoms with E-state index in [9.17, 15) is 5.11 Å². The molecule has 3 rings (SSSR count). The van der Waals surface area contributed by atoms with E-state index < -0.39 is 5.60 Å². The van der Waals surface area contributed by atoms with Crippen LogP contribution in [0.5, 0.6) is 0 Å². The number of β-amino-alcohol motifs (C(OH)–C–C–N with tert-alkyl or cyclic N) is 1. The van der Waals surface area contributed by atoms with Crippen molar-refractivity contribution in [1.82, 2.24) is 9.80 Å². The van der Waals surface area contributed by atoms with Crippen molar-refractivity contribution in [1.29, 1.82) is 0 Å². The van der Waals surface area contributed by atoms with Crippen molar-refractivity contribution in [3.8, 4) is 0 Å². The fourth-order valence-corrected chi connectivity index (χ4v) is 4.41. The number of hydrogen-bond donors (Lipinski definition) is 1. The molecule has 2 saturated heterocycles. The summed E-state index contributed by atoms with van der Waals surface area (Å²) < 4.78 is 5.62. The van der Waals surface area contributed by atoms with Gasteiger partial charge in [-0.2, -0.15) is 0 Å². The Labute approximate surface area is 158 Å². The van der Waals surface area contributed by atoms with Crippen LogP contribution in [0.3, 0.4) is 0 Å². The molecule has 1 N–H and O–H groups in total. The largest absolute Gasteiger partial charge is 0.388 e. The first-order valence-corrected chi connectivity index (χ1v) is 9.95. The predicted octanol–water partition coefficient (Wildman–Crippen LogP) is 2.92. The van der Waals surface area contributed by atoms with Crippen molar-refractivity contribution in [3.63, 3.8) is 0 Å². The maximum absolute atomic E-state index is 11.3. The van der Waals surface area contributed by atoms with Gasteiger partial charge in [0.2, 0.25) is 0 Å². The number of ether oxygens (including phenoxy) is 1. The van der Waals surface area contributed by atoms with Gasteiger partial charge in [0.25, 0.3) is 0 Å². The average Bonchev–Trinajstić information content (AvgIpc) is 2.62. The minimum atomic E-state index is -0.665. The fraction of sp³-hybridized carbons (Fsp3) is 0.636. The van der Waals surface area contributed by atoms with E-state index >= 15 is 0 Å². The Balaban J connectivity index is 1.62. The van der Waals surface area contributed by atoms with Crippen LogP contribution < -0.4 is 0 Å². The summed E-state index contributed by atoms with van der Waals surface area (Å²) in [6.07, 6.45) is 3.44. The Hall–Kier alpha value is -1.20. The molecule has 4 atom stereocenters. The monoisotopic (exact) mass is 358 g/mol. The summed E-state index contributed by atoms with van der Waals surface area (Å²) in [7, 11) is 0. The summed E-state index contributed by atoms with van der Waals surface area (Å²) in [6, 6.07) is 11.6. The Morgan fingerprint density at radius 1 is 1.19 bits per heavy atom. The van der Waals surface area contributed by atoms with Crippen LogP contribution >= 0.6 is 0 Å². The molecule has 26 heavy (non-hydrogen) atoms. The van der Waals surface area contributed by atoms with E-state index in [4.69, 9.17) is 4.74 Å². The summed E-state index contributed by atoms with van der Waals surface area (Å²) in [6.45, 7) is 13.5. The molecule has 4 heteroatoms. The van der Waals surface area contributed by atoms with E-state index in [1.165, 1.54) is 5.56 Å². The molecule has 0 saturated carbocycles. The standard InChI is InChI=1S/C22H34N2O2/c1-4-8-21-16-26-12-11-22(21,25)17-24-14-18(2)23(13-19(24)3)15-20-9-6-5-7-10-20/h4-7,9-10,18-19,21,25H,1,8,11-17H2,2-3H3/t18-,19+,21?,22?/m0/s1. The highest BCUT2D eigenvalue weighted by Crippen LogP contribution is 2.32. The molecule has 2 fully saturated rings. The molecule has 0 bridgehead atoms. The van der Waals surface area contributed by atoms with Crippen LogP contribution in [0.4, 0.5) is 0 Å². The van der Waals surface area contributed by atoms with Crippen LogP contribution in [0.15, 0.2) is 43.0 Å². The molecule has 2 aliphatic rings. The lowest BCUT2D eigenvalue weighted by atomic mass is 9.80. The smallest absolute Gasteiger partial charge is 0.0848 e. The van der Waals surface area contributed by atoms with E-state index in [0.29, 0.717) is 25.3 Å². The lowest BCUT2D eigenvalue weighted by Gasteiger charge is -2.49. The lowest BCUT2D eigenvalue weighted by Crippen LogP contribution is -2.61. The molecule has 2 heterocycles. The van der Waals surface area contributed by atoms with Crippen LogP contribution in [0.2, 0.25) is 0 Å². The first-order valence-electron chi connectivity index (χ1n) is 9.95. The molecule has 1 aromatic carbocycles. The average molecular weight is 359 g/mol. The van der Waals surface area contributed by atoms with Gasteiger partial charge in [-0.05, 0) is 25.8 Å². The first kappa shape index (κ1) is 19.6. The Morgan fingerprint density at radius 3 is 2.62 bits per heavy atom. The maximum Gasteiger partial charge on any atom is 0.0848 e. The fourth-order valence-electron chi connectivity index (χ4n) is 4.41. The minimum Gasteiger partial charge on any atom is -0.388 e. The summed E-state index contributed by atoms with van der Waals surface area (Å²) >= 11 is 0. The normalized spacial score (nSPS) is 33.9. The van der Waals surface area contributed by atoms with Crippen LogP contribution in [0.25, 0.3) is 0 Å². The zero-order valence-corrected chi connectivity index (χ0v) is 16.3. The minimum absolute atomic E-state index is 0.151. The van der Waals surface area contributed by atoms with Crippen molar-refractivity contribution in [2.24, 2.45) is 5.92 Å². The van der Waals surface area contributed by atoms with E-state index in [1.54, 1.807) is 0 Å². The van der Waals surface area contributed by atoms with Crippen molar-refractivity contribution in [3.05, 3.63) is 48.6 Å². The SMILES string of the molecule is C=CCC1COCCC1(O)CN1C[C@H](C)N(Cc2ccccc2)C[C@H]1C. The molecule has 0 spiro atoms. The third-order valence-electron chi connectivity index (χ3n) is 6.16. The second-order valence-corrected chi connectivity index (χ2v) is 8.19. The highest BCUT2D eigenvalue weighted by atomic mass is 16.5. The maximum atomic E-state index is 11.3.